The van der Waals surface area contributed by atoms with Crippen LogP contribution in [-0.2, 0) is 16.1 Å². The van der Waals surface area contributed by atoms with Crippen LogP contribution in [0.5, 0.6) is 0 Å². The summed E-state index contributed by atoms with van der Waals surface area (Å²) in [5.41, 5.74) is 0.399. The molecule has 0 saturated carbocycles. The molecule has 0 aliphatic carbocycles. The summed E-state index contributed by atoms with van der Waals surface area (Å²) in [5.74, 6) is 2.53. The maximum atomic E-state index is 12.5. The monoisotopic (exact) mass is 372 g/mol. The fraction of sp³-hybridized carbons (Fsp3) is 0.524. The standard InChI is InChI=1S/C21H28N2O4/c1-5-13-23(20(25)26-16-17-9-7-6-8-10-17)18-11-14-22(15-12-18)19(24)27-21(2,3)4/h1,6-10,18H,11-16H2,2-4H3. The molecular formula is C21H28N2O4. The van der Waals surface area contributed by atoms with E-state index in [9.17, 15) is 9.59 Å². The van der Waals surface area contributed by atoms with Gasteiger partial charge in [-0.05, 0) is 39.2 Å². The number of benzene rings is 1. The zero-order valence-corrected chi connectivity index (χ0v) is 16.3. The Morgan fingerprint density at radius 3 is 2.41 bits per heavy atom. The van der Waals surface area contributed by atoms with Gasteiger partial charge in [0.1, 0.15) is 12.2 Å². The number of amides is 2. The van der Waals surface area contributed by atoms with E-state index in [1.54, 1.807) is 9.80 Å². The molecule has 0 atom stereocenters. The van der Waals surface area contributed by atoms with Gasteiger partial charge in [-0.2, -0.15) is 0 Å². The normalized spacial score (nSPS) is 15.0. The maximum Gasteiger partial charge on any atom is 0.411 e. The molecule has 1 saturated heterocycles. The van der Waals surface area contributed by atoms with Crippen molar-refractivity contribution in [1.82, 2.24) is 9.80 Å². The molecule has 1 aromatic rings. The molecule has 0 N–H and O–H groups in total. The van der Waals surface area contributed by atoms with Gasteiger partial charge in [0.2, 0.25) is 0 Å². The first-order valence-electron chi connectivity index (χ1n) is 9.19. The number of carbonyl (C=O) groups excluding carboxylic acids is 2. The van der Waals surface area contributed by atoms with Crippen molar-refractivity contribution in [2.45, 2.75) is 51.9 Å². The van der Waals surface area contributed by atoms with E-state index < -0.39 is 11.7 Å². The van der Waals surface area contributed by atoms with Crippen LogP contribution in [0.4, 0.5) is 9.59 Å². The molecule has 0 aromatic heterocycles. The van der Waals surface area contributed by atoms with E-state index in [0.29, 0.717) is 25.9 Å². The third-order valence-corrected chi connectivity index (χ3v) is 4.26. The highest BCUT2D eigenvalue weighted by molar-refractivity contribution is 5.69. The van der Waals surface area contributed by atoms with Gasteiger partial charge in [-0.3, -0.25) is 4.90 Å². The highest BCUT2D eigenvalue weighted by Crippen LogP contribution is 2.20. The second-order valence-corrected chi connectivity index (χ2v) is 7.57. The second-order valence-electron chi connectivity index (χ2n) is 7.57. The van der Waals surface area contributed by atoms with Crippen LogP contribution < -0.4 is 0 Å². The van der Waals surface area contributed by atoms with Crippen LogP contribution in [-0.4, -0.2) is 53.3 Å². The minimum Gasteiger partial charge on any atom is -0.445 e. The molecule has 1 aromatic carbocycles. The Kier molecular flexibility index (Phi) is 7.12. The summed E-state index contributed by atoms with van der Waals surface area (Å²) in [6.07, 6.45) is 5.98. The largest absolute Gasteiger partial charge is 0.445 e. The third-order valence-electron chi connectivity index (χ3n) is 4.26. The van der Waals surface area contributed by atoms with E-state index in [2.05, 4.69) is 5.92 Å². The lowest BCUT2D eigenvalue weighted by Gasteiger charge is -2.37. The van der Waals surface area contributed by atoms with Crippen LogP contribution in [0.3, 0.4) is 0 Å². The quantitative estimate of drug-likeness (QED) is 0.757. The summed E-state index contributed by atoms with van der Waals surface area (Å²) in [5, 5.41) is 0. The summed E-state index contributed by atoms with van der Waals surface area (Å²) in [6.45, 7) is 6.96. The number of nitrogens with zero attached hydrogens (tertiary/aromatic N) is 2. The van der Waals surface area contributed by atoms with Crippen LogP contribution in [0.15, 0.2) is 30.3 Å². The second kappa shape index (κ2) is 9.31. The Bertz CT molecular complexity index is 668. The Morgan fingerprint density at radius 2 is 1.85 bits per heavy atom. The first-order valence-corrected chi connectivity index (χ1v) is 9.19. The van der Waals surface area contributed by atoms with Gasteiger partial charge >= 0.3 is 12.2 Å². The highest BCUT2D eigenvalue weighted by atomic mass is 16.6. The van der Waals surface area contributed by atoms with Crippen LogP contribution >= 0.6 is 0 Å². The average molecular weight is 372 g/mol. The SMILES string of the molecule is C#CCN(C(=O)OCc1ccccc1)C1CCN(C(=O)OC(C)(C)C)CC1. The van der Waals surface area contributed by atoms with Crippen molar-refractivity contribution in [3.8, 4) is 12.3 Å². The number of piperidine rings is 1. The first-order chi connectivity index (χ1) is 12.8. The Labute approximate surface area is 161 Å². The molecule has 1 fully saturated rings. The zero-order valence-electron chi connectivity index (χ0n) is 16.3. The van der Waals surface area contributed by atoms with Crippen molar-refractivity contribution in [3.05, 3.63) is 35.9 Å². The predicted molar refractivity (Wildman–Crippen MR) is 103 cm³/mol. The van der Waals surface area contributed by atoms with E-state index >= 15 is 0 Å². The number of ether oxygens (including phenoxy) is 2. The van der Waals surface area contributed by atoms with Crippen molar-refractivity contribution in [1.29, 1.82) is 0 Å². The Balaban J connectivity index is 1.89. The van der Waals surface area contributed by atoms with Gasteiger partial charge in [0, 0.05) is 19.1 Å². The highest BCUT2D eigenvalue weighted by Gasteiger charge is 2.31. The molecule has 0 bridgehead atoms. The van der Waals surface area contributed by atoms with E-state index in [-0.39, 0.29) is 25.3 Å². The van der Waals surface area contributed by atoms with E-state index in [4.69, 9.17) is 15.9 Å². The first kappa shape index (κ1) is 20.6. The van der Waals surface area contributed by atoms with Crippen LogP contribution in [0.1, 0.15) is 39.2 Å². The lowest BCUT2D eigenvalue weighted by molar-refractivity contribution is 0.0143. The van der Waals surface area contributed by atoms with E-state index in [1.165, 1.54) is 0 Å². The summed E-state index contributed by atoms with van der Waals surface area (Å²) in [6, 6.07) is 9.46. The van der Waals surface area contributed by atoms with E-state index in [0.717, 1.165) is 5.56 Å². The topological polar surface area (TPSA) is 59.1 Å². The molecule has 1 aliphatic rings. The average Bonchev–Trinajstić information content (AvgIpc) is 2.64. The summed E-state index contributed by atoms with van der Waals surface area (Å²) in [4.78, 5) is 27.9. The Hall–Kier alpha value is -2.68. The smallest absolute Gasteiger partial charge is 0.411 e. The summed E-state index contributed by atoms with van der Waals surface area (Å²) < 4.78 is 10.8. The molecule has 27 heavy (non-hydrogen) atoms. The maximum absolute atomic E-state index is 12.5. The molecule has 146 valence electrons. The fourth-order valence-electron chi connectivity index (χ4n) is 2.93. The minimum absolute atomic E-state index is 0.0528. The van der Waals surface area contributed by atoms with Gasteiger partial charge in [-0.25, -0.2) is 9.59 Å². The molecule has 0 unspecified atom stereocenters. The molecule has 0 radical (unpaired) electrons. The van der Waals surface area contributed by atoms with Crippen molar-refractivity contribution in [3.63, 3.8) is 0 Å². The van der Waals surface area contributed by atoms with Gasteiger partial charge in [0.15, 0.2) is 0 Å². The molecule has 2 rings (SSSR count). The molecule has 1 heterocycles. The minimum atomic E-state index is -0.523. The van der Waals surface area contributed by atoms with Crippen molar-refractivity contribution in [2.24, 2.45) is 0 Å². The number of hydrogen-bond acceptors (Lipinski definition) is 4. The molecule has 6 nitrogen and oxygen atoms in total. The fourth-order valence-corrected chi connectivity index (χ4v) is 2.93. The van der Waals surface area contributed by atoms with Gasteiger partial charge < -0.3 is 14.4 Å². The van der Waals surface area contributed by atoms with Gasteiger partial charge in [0.25, 0.3) is 0 Å². The number of rotatable bonds is 4. The molecule has 1 aliphatic heterocycles. The summed E-state index contributed by atoms with van der Waals surface area (Å²) in [7, 11) is 0. The van der Waals surface area contributed by atoms with Crippen molar-refractivity contribution >= 4 is 12.2 Å². The molecular weight excluding hydrogens is 344 g/mol. The Morgan fingerprint density at radius 1 is 1.22 bits per heavy atom. The van der Waals surface area contributed by atoms with E-state index in [1.807, 2.05) is 51.1 Å². The number of carbonyl (C=O) groups is 2. The number of terminal acetylenes is 1. The predicted octanol–water partition coefficient (Wildman–Crippen LogP) is 3.66. The van der Waals surface area contributed by atoms with Crippen LogP contribution in [0.25, 0.3) is 0 Å². The zero-order chi connectivity index (χ0) is 19.9. The lowest BCUT2D eigenvalue weighted by Crippen LogP contribution is -2.49. The molecule has 6 heteroatoms. The van der Waals surface area contributed by atoms with Crippen molar-refractivity contribution < 1.29 is 19.1 Å². The van der Waals surface area contributed by atoms with Crippen molar-refractivity contribution in [2.75, 3.05) is 19.6 Å². The van der Waals surface area contributed by atoms with Gasteiger partial charge in [0.05, 0.1) is 6.54 Å². The third kappa shape index (κ3) is 6.52. The molecule has 0 spiro atoms. The molecule has 2 amide bonds. The van der Waals surface area contributed by atoms with Crippen LogP contribution in [0, 0.1) is 12.3 Å². The summed E-state index contributed by atoms with van der Waals surface area (Å²) >= 11 is 0. The number of likely N-dealkylation sites (tertiary alicyclic amines) is 1. The van der Waals surface area contributed by atoms with Gasteiger partial charge in [-0.15, -0.1) is 6.42 Å². The lowest BCUT2D eigenvalue weighted by atomic mass is 10.0. The van der Waals surface area contributed by atoms with Crippen LogP contribution in [0.2, 0.25) is 0 Å². The van der Waals surface area contributed by atoms with Gasteiger partial charge in [-0.1, -0.05) is 36.3 Å². The number of hydrogen-bond donors (Lipinski definition) is 0.